The average Bonchev–Trinajstić information content (AvgIpc) is 2.89. The number of hydrogen-bond donors (Lipinski definition) is 2. The normalized spacial score (nSPS) is 11.6. The van der Waals surface area contributed by atoms with Gasteiger partial charge in [0.2, 0.25) is 0 Å². The van der Waals surface area contributed by atoms with E-state index < -0.39 is 10.6 Å². The maximum atomic E-state index is 6.82. The summed E-state index contributed by atoms with van der Waals surface area (Å²) in [5.74, 6) is 6.82. The van der Waals surface area contributed by atoms with Crippen LogP contribution in [0.15, 0.2) is 121 Å². The van der Waals surface area contributed by atoms with Crippen molar-refractivity contribution in [3.05, 3.63) is 144 Å². The summed E-state index contributed by atoms with van der Waals surface area (Å²) in [6.45, 7) is 0. The first-order valence-electron chi connectivity index (χ1n) is 10.6. The van der Waals surface area contributed by atoms with Crippen molar-refractivity contribution in [3.63, 3.8) is 0 Å². The van der Waals surface area contributed by atoms with Crippen LogP contribution in [-0.4, -0.2) is 10.1 Å². The molecule has 3 nitrogen and oxygen atoms in total. The summed E-state index contributed by atoms with van der Waals surface area (Å²) >= 11 is 5.94. The molecule has 3 N–H and O–H groups in total. The Morgan fingerprint density at radius 3 is 1.24 bits per heavy atom. The molecule has 0 saturated heterocycles. The lowest BCUT2D eigenvalue weighted by molar-refractivity contribution is 0.323. The lowest BCUT2D eigenvalue weighted by Gasteiger charge is -2.43. The molecule has 2 unspecified atom stereocenters. The zero-order valence-electron chi connectivity index (χ0n) is 18.1. The zero-order chi connectivity index (χ0) is 23.3. The van der Waals surface area contributed by atoms with Crippen molar-refractivity contribution in [1.82, 2.24) is 10.3 Å². The van der Waals surface area contributed by atoms with Gasteiger partial charge in [-0.2, -0.15) is 0 Å². The molecule has 0 saturated carbocycles. The van der Waals surface area contributed by atoms with Gasteiger partial charge in [-0.05, 0) is 34.5 Å². The molecular formula is C27H27N3P2S. The molecule has 6 heteroatoms. The minimum atomic E-state index is -0.758. The highest BCUT2D eigenvalue weighted by atomic mass is 32.1. The van der Waals surface area contributed by atoms with Crippen molar-refractivity contribution in [2.24, 2.45) is 5.84 Å². The van der Waals surface area contributed by atoms with Gasteiger partial charge in [0.1, 0.15) is 10.6 Å². The van der Waals surface area contributed by atoms with E-state index in [2.05, 4.69) is 72.3 Å². The van der Waals surface area contributed by atoms with E-state index in [-0.39, 0.29) is 0 Å². The lowest BCUT2D eigenvalue weighted by Crippen LogP contribution is -2.57. The summed E-state index contributed by atoms with van der Waals surface area (Å²) in [4.78, 5) is 0. The molecule has 2 atom stereocenters. The monoisotopic (exact) mass is 487 g/mol. The second-order valence-corrected chi connectivity index (χ2v) is 9.93. The highest BCUT2D eigenvalue weighted by molar-refractivity contribution is 7.80. The Labute approximate surface area is 205 Å². The topological polar surface area (TPSA) is 41.3 Å². The number of hydrazine groups is 1. The van der Waals surface area contributed by atoms with Crippen molar-refractivity contribution in [3.8, 4) is 0 Å². The molecule has 0 aliphatic rings. The first-order chi connectivity index (χ1) is 16.0. The molecule has 4 rings (SSSR count). The predicted molar refractivity (Wildman–Crippen MR) is 149 cm³/mol. The Bertz CT molecular complexity index is 1110. The van der Waals surface area contributed by atoms with Crippen molar-refractivity contribution in [2.75, 3.05) is 0 Å². The molecule has 0 heterocycles. The van der Waals surface area contributed by atoms with Gasteiger partial charge in [-0.3, -0.25) is 5.01 Å². The quantitative estimate of drug-likeness (QED) is 0.161. The van der Waals surface area contributed by atoms with E-state index in [0.29, 0.717) is 5.11 Å². The summed E-state index contributed by atoms with van der Waals surface area (Å²) in [5.41, 5.74) is 4.15. The maximum absolute atomic E-state index is 6.82. The van der Waals surface area contributed by atoms with Crippen LogP contribution in [0.25, 0.3) is 0 Å². The van der Waals surface area contributed by atoms with E-state index >= 15 is 0 Å². The third kappa shape index (κ3) is 4.71. The number of benzene rings is 4. The first kappa shape index (κ1) is 23.5. The van der Waals surface area contributed by atoms with Crippen LogP contribution in [0.3, 0.4) is 0 Å². The largest absolute Gasteiger partial charge is 0.345 e. The van der Waals surface area contributed by atoms with Crippen molar-refractivity contribution >= 4 is 35.8 Å². The van der Waals surface area contributed by atoms with E-state index in [1.165, 1.54) is 0 Å². The minimum Gasteiger partial charge on any atom is -0.345 e. The summed E-state index contributed by atoms with van der Waals surface area (Å²) < 4.78 is 0. The minimum absolute atomic E-state index is 0.417. The van der Waals surface area contributed by atoms with Crippen LogP contribution in [0.5, 0.6) is 0 Å². The van der Waals surface area contributed by atoms with E-state index in [0.717, 1.165) is 22.3 Å². The highest BCUT2D eigenvalue weighted by Gasteiger charge is 2.39. The Morgan fingerprint density at radius 1 is 0.606 bits per heavy atom. The zero-order valence-corrected chi connectivity index (χ0v) is 21.3. The van der Waals surface area contributed by atoms with Gasteiger partial charge in [0.15, 0.2) is 5.11 Å². The number of nitrogens with one attached hydrogen (secondary N) is 1. The Morgan fingerprint density at radius 2 is 0.909 bits per heavy atom. The third-order valence-electron chi connectivity index (χ3n) is 5.79. The number of nitrogens with two attached hydrogens (primary N) is 1. The van der Waals surface area contributed by atoms with Gasteiger partial charge in [0.25, 0.3) is 0 Å². The van der Waals surface area contributed by atoms with Crippen molar-refractivity contribution in [2.45, 2.75) is 10.6 Å². The van der Waals surface area contributed by atoms with Gasteiger partial charge < -0.3 is 5.32 Å². The van der Waals surface area contributed by atoms with Crippen LogP contribution in [-0.2, 0) is 10.6 Å². The standard InChI is InChI=1S/C27H27N3P2S/c28-30(27(32,23-17-9-3-10-18-23)24-19-11-4-12-20-24)25(33)29-26(31,21-13-5-1-6-14-21)22-15-7-2-8-16-22/h1-20H,28,31-32H2,(H,29,33). The van der Waals surface area contributed by atoms with Gasteiger partial charge in [-0.1, -0.05) is 131 Å². The molecule has 0 aromatic heterocycles. The second-order valence-electron chi connectivity index (χ2n) is 7.84. The highest BCUT2D eigenvalue weighted by Crippen LogP contribution is 2.42. The maximum Gasteiger partial charge on any atom is 0.186 e. The molecule has 0 aliphatic carbocycles. The van der Waals surface area contributed by atoms with Gasteiger partial charge in [0, 0.05) is 0 Å². The summed E-state index contributed by atoms with van der Waals surface area (Å²) in [5, 5.41) is 4.18. The lowest BCUT2D eigenvalue weighted by atomic mass is 9.96. The van der Waals surface area contributed by atoms with Crippen LogP contribution in [0, 0.1) is 0 Å². The second kappa shape index (κ2) is 10.1. The fraction of sp³-hybridized carbons (Fsp3) is 0.0741. The van der Waals surface area contributed by atoms with Crippen molar-refractivity contribution in [1.29, 1.82) is 0 Å². The molecule has 166 valence electrons. The number of thiocarbonyl (C=S) groups is 1. The molecular weight excluding hydrogens is 460 g/mol. The molecule has 0 spiro atoms. The SMILES string of the molecule is NN(C(=S)NC(P)(c1ccccc1)c1ccccc1)C(P)(c1ccccc1)c1ccccc1. The van der Waals surface area contributed by atoms with E-state index in [1.807, 2.05) is 72.8 Å². The van der Waals surface area contributed by atoms with Crippen LogP contribution >= 0.6 is 30.7 Å². The van der Waals surface area contributed by atoms with E-state index in [9.17, 15) is 0 Å². The average molecular weight is 488 g/mol. The molecule has 33 heavy (non-hydrogen) atoms. The number of hydrogen-bond acceptors (Lipinski definition) is 2. The van der Waals surface area contributed by atoms with Crippen LogP contribution in [0.4, 0.5) is 0 Å². The smallest absolute Gasteiger partial charge is 0.186 e. The molecule has 0 fully saturated rings. The molecule has 0 bridgehead atoms. The summed E-state index contributed by atoms with van der Waals surface area (Å²) in [6, 6.07) is 40.7. The summed E-state index contributed by atoms with van der Waals surface area (Å²) in [6.07, 6.45) is 0. The Balaban J connectivity index is 1.76. The Kier molecular flexibility index (Phi) is 7.22. The van der Waals surface area contributed by atoms with E-state index in [4.69, 9.17) is 18.1 Å². The first-order valence-corrected chi connectivity index (χ1v) is 12.2. The van der Waals surface area contributed by atoms with Crippen LogP contribution in [0.2, 0.25) is 0 Å². The molecule has 0 aliphatic heterocycles. The van der Waals surface area contributed by atoms with Gasteiger partial charge in [0.05, 0.1) is 0 Å². The fourth-order valence-corrected chi connectivity index (χ4v) is 5.47. The van der Waals surface area contributed by atoms with Crippen LogP contribution in [0.1, 0.15) is 22.3 Å². The predicted octanol–water partition coefficient (Wildman–Crippen LogP) is 5.59. The fourth-order valence-electron chi connectivity index (χ4n) is 3.93. The molecule has 4 aromatic carbocycles. The van der Waals surface area contributed by atoms with Gasteiger partial charge in [-0.25, -0.2) is 5.84 Å². The summed E-state index contributed by atoms with van der Waals surface area (Å²) in [7, 11) is 5.87. The third-order valence-corrected chi connectivity index (χ3v) is 7.84. The molecule has 0 radical (unpaired) electrons. The van der Waals surface area contributed by atoms with Gasteiger partial charge >= 0.3 is 0 Å². The number of rotatable bonds is 6. The molecule has 0 amide bonds. The van der Waals surface area contributed by atoms with Crippen LogP contribution < -0.4 is 11.2 Å². The Hall–Kier alpha value is -2.61. The number of nitrogens with zero attached hydrogens (tertiary/aromatic N) is 1. The van der Waals surface area contributed by atoms with Gasteiger partial charge in [-0.15, -0.1) is 9.24 Å². The molecule has 4 aromatic rings. The van der Waals surface area contributed by atoms with Crippen molar-refractivity contribution < 1.29 is 0 Å². The van der Waals surface area contributed by atoms with E-state index in [1.54, 1.807) is 5.01 Å².